The molecule has 2 aliphatic rings. The van der Waals surface area contributed by atoms with E-state index in [9.17, 15) is 24.4 Å². The van der Waals surface area contributed by atoms with E-state index < -0.39 is 35.2 Å². The molecule has 3 unspecified atom stereocenters. The Morgan fingerprint density at radius 2 is 2.22 bits per heavy atom. The summed E-state index contributed by atoms with van der Waals surface area (Å²) >= 11 is 5.00. The van der Waals surface area contributed by atoms with Crippen LogP contribution in [0.25, 0.3) is 0 Å². The van der Waals surface area contributed by atoms with Gasteiger partial charge in [0.2, 0.25) is 6.04 Å². The van der Waals surface area contributed by atoms with Crippen LogP contribution in [0.1, 0.15) is 17.6 Å². The van der Waals surface area contributed by atoms with Crippen LogP contribution in [-0.2, 0) is 20.1 Å². The summed E-state index contributed by atoms with van der Waals surface area (Å²) in [6, 6.07) is 1.02. The van der Waals surface area contributed by atoms with Crippen LogP contribution in [0, 0.1) is 4.91 Å². The number of nitroso groups, excluding NO2 is 1. The van der Waals surface area contributed by atoms with E-state index in [-0.39, 0.29) is 16.7 Å². The minimum Gasteiger partial charge on any atom is -0.477 e. The molecule has 2 aromatic rings. The molecule has 4 rings (SSSR count). The number of thioether (sulfide) groups is 3. The smallest absolute Gasteiger partial charge is 0.353 e. The molecular weight excluding hydrogens is 549 g/mol. The van der Waals surface area contributed by atoms with Crippen molar-refractivity contribution >= 4 is 69.7 Å². The number of amides is 2. The Morgan fingerprint density at radius 3 is 2.89 bits per heavy atom. The van der Waals surface area contributed by atoms with E-state index >= 15 is 0 Å². The highest BCUT2D eigenvalue weighted by atomic mass is 32.2. The number of fused-ring (bicyclic) bond motifs is 1. The normalized spacial score (nSPS) is 19.9. The molecule has 17 heteroatoms. The maximum atomic E-state index is 12.9. The van der Waals surface area contributed by atoms with Gasteiger partial charge in [-0.2, -0.15) is 16.1 Å². The van der Waals surface area contributed by atoms with Gasteiger partial charge in [0, 0.05) is 51.3 Å². The molecule has 13 nitrogen and oxygen atoms in total. The molecule has 0 spiro atoms. The van der Waals surface area contributed by atoms with Crippen LogP contribution < -0.4 is 16.8 Å². The fraction of sp³-hybridized carbons (Fsp3) is 0.368. The number of nitrogen functional groups attached to an aromatic ring is 1. The molecule has 0 bridgehead atoms. The maximum Gasteiger partial charge on any atom is 0.353 e. The minimum absolute atomic E-state index is 0.0659. The molecule has 0 radical (unpaired) electrons. The average Bonchev–Trinajstić information content (AvgIpc) is 3.29. The number of carboxylic acid groups (broad SMARTS) is 1. The van der Waals surface area contributed by atoms with Gasteiger partial charge < -0.3 is 21.9 Å². The summed E-state index contributed by atoms with van der Waals surface area (Å²) in [6.07, 6.45) is 1.67. The number of β-lactam (4-membered cyclic amide) rings is 1. The topological polar surface area (TPSA) is 207 Å². The van der Waals surface area contributed by atoms with Crippen molar-refractivity contribution in [2.45, 2.75) is 28.1 Å². The Bertz CT molecular complexity index is 1220. The van der Waals surface area contributed by atoms with Gasteiger partial charge in [0.05, 0.1) is 5.69 Å². The van der Waals surface area contributed by atoms with Gasteiger partial charge in [-0.1, -0.05) is 11.8 Å². The first kappa shape index (κ1) is 26.3. The van der Waals surface area contributed by atoms with Crippen molar-refractivity contribution < 1.29 is 19.5 Å². The summed E-state index contributed by atoms with van der Waals surface area (Å²) in [5.74, 6) is -1.19. The highest BCUT2D eigenvalue weighted by Gasteiger charge is 2.55. The zero-order chi connectivity index (χ0) is 25.8. The van der Waals surface area contributed by atoms with E-state index in [1.54, 1.807) is 24.0 Å². The Balaban J connectivity index is 1.51. The monoisotopic (exact) mass is 568 g/mol. The van der Waals surface area contributed by atoms with E-state index in [2.05, 4.69) is 24.8 Å². The molecule has 0 aromatic carbocycles. The van der Waals surface area contributed by atoms with Crippen molar-refractivity contribution in [1.29, 1.82) is 0 Å². The molecule has 0 aliphatic carbocycles. The lowest BCUT2D eigenvalue weighted by molar-refractivity contribution is -0.150. The second kappa shape index (κ2) is 11.5. The lowest BCUT2D eigenvalue weighted by Crippen LogP contribution is -2.70. The predicted octanol–water partition coefficient (Wildman–Crippen LogP) is 1.00. The number of anilines is 1. The molecule has 1 fully saturated rings. The van der Waals surface area contributed by atoms with Crippen LogP contribution in [0.15, 0.2) is 39.0 Å². The number of hydrogen-bond acceptors (Lipinski definition) is 14. The van der Waals surface area contributed by atoms with Gasteiger partial charge in [-0.3, -0.25) is 19.5 Å². The maximum absolute atomic E-state index is 12.9. The van der Waals surface area contributed by atoms with Gasteiger partial charge in [-0.15, -0.1) is 16.7 Å². The lowest BCUT2D eigenvalue weighted by Gasteiger charge is -2.49. The first-order valence-corrected chi connectivity index (χ1v) is 14.2. The summed E-state index contributed by atoms with van der Waals surface area (Å²) in [5.41, 5.74) is 11.7. The summed E-state index contributed by atoms with van der Waals surface area (Å²) in [5, 5.41) is 14.6. The number of aromatic nitrogens is 3. The van der Waals surface area contributed by atoms with Gasteiger partial charge in [0.1, 0.15) is 17.1 Å². The standard InChI is InChI=1S/C19H20N8O5S4/c20-3-5-33-6-8-9(2-1-4-22-8)35-10-7-34-17-12(16(29)27(17)13(10)18(30)31)23-15(28)11(25-32)14-24-19(21)36-26-14/h1-2,4,11-12,17H,3,5-7,20H2,(H,23,28)(H,30,31)(H2,21,24,26). The fourth-order valence-electron chi connectivity index (χ4n) is 3.48. The van der Waals surface area contributed by atoms with Gasteiger partial charge in [0.15, 0.2) is 11.0 Å². The van der Waals surface area contributed by atoms with Crippen LogP contribution in [0.3, 0.4) is 0 Å². The number of hydrogen-bond donors (Lipinski definition) is 4. The van der Waals surface area contributed by atoms with Crippen molar-refractivity contribution in [2.75, 3.05) is 23.8 Å². The number of rotatable bonds is 11. The van der Waals surface area contributed by atoms with Crippen molar-refractivity contribution in [1.82, 2.24) is 24.6 Å². The molecular formula is C19H20N8O5S4. The number of nitrogens with zero attached hydrogens (tertiary/aromatic N) is 5. The van der Waals surface area contributed by atoms with Crippen LogP contribution in [0.2, 0.25) is 0 Å². The van der Waals surface area contributed by atoms with Crippen molar-refractivity contribution in [3.05, 3.63) is 45.4 Å². The number of nitrogens with one attached hydrogen (secondary N) is 1. The third-order valence-electron chi connectivity index (χ3n) is 5.07. The Morgan fingerprint density at radius 1 is 1.42 bits per heavy atom. The lowest BCUT2D eigenvalue weighted by atomic mass is 10.0. The van der Waals surface area contributed by atoms with Gasteiger partial charge in [-0.05, 0) is 17.3 Å². The fourth-order valence-corrected chi connectivity index (χ4v) is 7.34. The molecule has 190 valence electrons. The summed E-state index contributed by atoms with van der Waals surface area (Å²) in [4.78, 5) is 59.6. The van der Waals surface area contributed by atoms with Gasteiger partial charge in [0.25, 0.3) is 11.8 Å². The number of carbonyl (C=O) groups is 3. The molecule has 2 aromatic heterocycles. The molecule has 2 amide bonds. The molecule has 4 heterocycles. The van der Waals surface area contributed by atoms with Crippen LogP contribution in [-0.4, -0.2) is 71.6 Å². The van der Waals surface area contributed by atoms with Crippen molar-refractivity contribution in [3.8, 4) is 0 Å². The Hall–Kier alpha value is -2.73. The molecule has 2 aliphatic heterocycles. The Kier molecular flexibility index (Phi) is 8.45. The third-order valence-corrected chi connectivity index (χ3v) is 9.27. The molecule has 6 N–H and O–H groups in total. The van der Waals surface area contributed by atoms with E-state index in [1.807, 2.05) is 6.07 Å². The van der Waals surface area contributed by atoms with E-state index in [1.165, 1.54) is 23.5 Å². The quantitative estimate of drug-likeness (QED) is 0.170. The molecule has 0 saturated carbocycles. The number of aliphatic carboxylic acids is 1. The largest absolute Gasteiger partial charge is 0.477 e. The zero-order valence-electron chi connectivity index (χ0n) is 18.4. The number of carbonyl (C=O) groups excluding carboxylic acids is 2. The average molecular weight is 569 g/mol. The summed E-state index contributed by atoms with van der Waals surface area (Å²) < 4.78 is 3.82. The molecule has 3 atom stereocenters. The Labute approximate surface area is 221 Å². The number of carboxylic acids is 1. The van der Waals surface area contributed by atoms with Crippen LogP contribution in [0.4, 0.5) is 5.13 Å². The van der Waals surface area contributed by atoms with E-state index in [4.69, 9.17) is 11.5 Å². The first-order valence-electron chi connectivity index (χ1n) is 10.4. The second-order valence-corrected chi connectivity index (χ2v) is 11.5. The SMILES string of the molecule is NCCSCc1ncccc1SC1=C(C(=O)O)N2C(=O)C(NC(=O)C(N=O)c3nsc(N)n3)C2SC1. The minimum atomic E-state index is -1.57. The van der Waals surface area contributed by atoms with E-state index in [0.717, 1.165) is 32.8 Å². The van der Waals surface area contributed by atoms with Gasteiger partial charge in [-0.25, -0.2) is 9.78 Å². The number of nitrogens with two attached hydrogens (primary N) is 2. The first-order chi connectivity index (χ1) is 17.3. The summed E-state index contributed by atoms with van der Waals surface area (Å²) in [6.45, 7) is 0.541. The predicted molar refractivity (Wildman–Crippen MR) is 138 cm³/mol. The zero-order valence-corrected chi connectivity index (χ0v) is 21.7. The van der Waals surface area contributed by atoms with E-state index in [0.29, 0.717) is 23.0 Å². The summed E-state index contributed by atoms with van der Waals surface area (Å²) in [7, 11) is 0. The van der Waals surface area contributed by atoms with Crippen molar-refractivity contribution in [2.24, 2.45) is 10.9 Å². The highest BCUT2D eigenvalue weighted by Crippen LogP contribution is 2.45. The third kappa shape index (κ3) is 5.34. The van der Waals surface area contributed by atoms with Crippen molar-refractivity contribution in [3.63, 3.8) is 0 Å². The highest BCUT2D eigenvalue weighted by molar-refractivity contribution is 8.06. The number of pyridine rings is 1. The van der Waals surface area contributed by atoms with Gasteiger partial charge >= 0.3 is 5.97 Å². The molecule has 1 saturated heterocycles. The molecule has 36 heavy (non-hydrogen) atoms. The van der Waals surface area contributed by atoms with Crippen LogP contribution in [0.5, 0.6) is 0 Å². The van der Waals surface area contributed by atoms with Crippen LogP contribution >= 0.6 is 46.8 Å². The second-order valence-electron chi connectivity index (χ2n) is 7.36.